The number of hydrogen-bond acceptors (Lipinski definition) is 3. The first kappa shape index (κ1) is 13.9. The highest BCUT2D eigenvalue weighted by Crippen LogP contribution is 2.22. The molecule has 1 aromatic rings. The Bertz CT molecular complexity index is 514. The number of phenols is 1. The highest BCUT2D eigenvalue weighted by Gasteiger charge is 2.15. The Labute approximate surface area is 117 Å². The maximum absolute atomic E-state index is 11.9. The second-order valence-corrected chi connectivity index (χ2v) is 5.42. The number of nitrogens with one attached hydrogen (secondary N) is 1. The number of rotatable bonds is 2. The highest BCUT2D eigenvalue weighted by molar-refractivity contribution is 6.31. The van der Waals surface area contributed by atoms with Gasteiger partial charge in [-0.25, -0.2) is 5.43 Å². The van der Waals surface area contributed by atoms with E-state index in [1.165, 1.54) is 24.6 Å². The molecule has 1 aliphatic rings. The molecule has 0 bridgehead atoms. The number of amides is 1. The van der Waals surface area contributed by atoms with Crippen LogP contribution in [0.15, 0.2) is 23.3 Å². The van der Waals surface area contributed by atoms with Crippen LogP contribution in [0.1, 0.15) is 43.0 Å². The molecule has 1 aromatic carbocycles. The van der Waals surface area contributed by atoms with Gasteiger partial charge in [0, 0.05) is 10.7 Å². The molecule has 0 radical (unpaired) electrons. The molecule has 1 atom stereocenters. The van der Waals surface area contributed by atoms with Crippen molar-refractivity contribution >= 4 is 23.2 Å². The van der Waals surface area contributed by atoms with E-state index in [9.17, 15) is 9.90 Å². The van der Waals surface area contributed by atoms with Crippen molar-refractivity contribution in [3.63, 3.8) is 0 Å². The summed E-state index contributed by atoms with van der Waals surface area (Å²) in [5, 5.41) is 14.2. The summed E-state index contributed by atoms with van der Waals surface area (Å²) in [6.45, 7) is 2.18. The van der Waals surface area contributed by atoms with Gasteiger partial charge in [-0.05, 0) is 49.8 Å². The van der Waals surface area contributed by atoms with E-state index in [4.69, 9.17) is 11.6 Å². The molecule has 1 saturated carbocycles. The van der Waals surface area contributed by atoms with Gasteiger partial charge in [-0.2, -0.15) is 5.10 Å². The molecule has 0 unspecified atom stereocenters. The number of benzene rings is 1. The van der Waals surface area contributed by atoms with Crippen molar-refractivity contribution in [1.29, 1.82) is 0 Å². The molecule has 102 valence electrons. The zero-order valence-electron chi connectivity index (χ0n) is 10.8. The van der Waals surface area contributed by atoms with Gasteiger partial charge in [-0.1, -0.05) is 18.5 Å². The molecule has 1 fully saturated rings. The van der Waals surface area contributed by atoms with Crippen LogP contribution in [0.2, 0.25) is 5.02 Å². The number of carbonyl (C=O) groups is 1. The summed E-state index contributed by atoms with van der Waals surface area (Å²) in [4.78, 5) is 11.9. The Morgan fingerprint density at radius 2 is 2.32 bits per heavy atom. The van der Waals surface area contributed by atoms with E-state index >= 15 is 0 Å². The molecule has 1 aliphatic carbocycles. The van der Waals surface area contributed by atoms with E-state index in [-0.39, 0.29) is 11.3 Å². The van der Waals surface area contributed by atoms with Crippen LogP contribution in [-0.4, -0.2) is 16.7 Å². The topological polar surface area (TPSA) is 61.7 Å². The van der Waals surface area contributed by atoms with Crippen molar-refractivity contribution in [2.24, 2.45) is 11.0 Å². The van der Waals surface area contributed by atoms with Crippen LogP contribution in [0.5, 0.6) is 5.75 Å². The molecule has 1 amide bonds. The van der Waals surface area contributed by atoms with Gasteiger partial charge in [0.2, 0.25) is 0 Å². The lowest BCUT2D eigenvalue weighted by atomic mass is 9.89. The molecular weight excluding hydrogens is 264 g/mol. The second kappa shape index (κ2) is 6.06. The smallest absolute Gasteiger partial charge is 0.275 e. The quantitative estimate of drug-likeness (QED) is 0.816. The van der Waals surface area contributed by atoms with Crippen molar-refractivity contribution in [2.45, 2.75) is 32.6 Å². The predicted octanol–water partition coefficient (Wildman–Crippen LogP) is 3.34. The first-order chi connectivity index (χ1) is 9.06. The molecule has 0 aliphatic heterocycles. The second-order valence-electron chi connectivity index (χ2n) is 4.98. The first-order valence-corrected chi connectivity index (χ1v) is 6.78. The van der Waals surface area contributed by atoms with Crippen LogP contribution in [0.4, 0.5) is 0 Å². The minimum absolute atomic E-state index is 0.0980. The van der Waals surface area contributed by atoms with Crippen LogP contribution >= 0.6 is 11.6 Å². The first-order valence-electron chi connectivity index (χ1n) is 6.40. The molecule has 5 heteroatoms. The van der Waals surface area contributed by atoms with Gasteiger partial charge in [0.15, 0.2) is 0 Å². The van der Waals surface area contributed by atoms with Crippen LogP contribution < -0.4 is 5.43 Å². The minimum Gasteiger partial charge on any atom is -0.507 e. The summed E-state index contributed by atoms with van der Waals surface area (Å²) in [5.74, 6) is 0.0776. The molecule has 0 aromatic heterocycles. The third kappa shape index (κ3) is 3.70. The van der Waals surface area contributed by atoms with Gasteiger partial charge in [0.25, 0.3) is 5.91 Å². The van der Waals surface area contributed by atoms with E-state index in [2.05, 4.69) is 17.5 Å². The SMILES string of the molecule is C[C@@H]1CCC/C(=N/NC(=O)c2cc(Cl)ccc2O)C1. The number of carbonyl (C=O) groups excluding carboxylic acids is 1. The molecule has 0 spiro atoms. The lowest BCUT2D eigenvalue weighted by Crippen LogP contribution is -2.22. The summed E-state index contributed by atoms with van der Waals surface area (Å²) in [6.07, 6.45) is 4.16. The van der Waals surface area contributed by atoms with Crippen molar-refractivity contribution in [1.82, 2.24) is 5.43 Å². The zero-order chi connectivity index (χ0) is 13.8. The molecular formula is C14H17ClN2O2. The largest absolute Gasteiger partial charge is 0.507 e. The molecule has 2 rings (SSSR count). The van der Waals surface area contributed by atoms with Crippen molar-refractivity contribution in [3.8, 4) is 5.75 Å². The zero-order valence-corrected chi connectivity index (χ0v) is 11.6. The van der Waals surface area contributed by atoms with E-state index < -0.39 is 5.91 Å². The summed E-state index contributed by atoms with van der Waals surface area (Å²) in [6, 6.07) is 4.35. The summed E-state index contributed by atoms with van der Waals surface area (Å²) in [7, 11) is 0. The fraction of sp³-hybridized carbons (Fsp3) is 0.429. The average Bonchev–Trinajstić information content (AvgIpc) is 2.39. The fourth-order valence-electron chi connectivity index (χ4n) is 2.24. The Morgan fingerprint density at radius 3 is 3.05 bits per heavy atom. The normalized spacial score (nSPS) is 21.4. The van der Waals surface area contributed by atoms with Crippen LogP contribution in [-0.2, 0) is 0 Å². The summed E-state index contributed by atoms with van der Waals surface area (Å²) >= 11 is 5.80. The molecule has 0 saturated heterocycles. The van der Waals surface area contributed by atoms with Gasteiger partial charge in [0.1, 0.15) is 5.75 Å². The monoisotopic (exact) mass is 280 g/mol. The summed E-state index contributed by atoms with van der Waals surface area (Å²) in [5.41, 5.74) is 3.64. The van der Waals surface area contributed by atoms with Crippen LogP contribution in [0, 0.1) is 5.92 Å². The average molecular weight is 281 g/mol. The third-order valence-electron chi connectivity index (χ3n) is 3.27. The summed E-state index contributed by atoms with van der Waals surface area (Å²) < 4.78 is 0. The number of aromatic hydroxyl groups is 1. The third-order valence-corrected chi connectivity index (χ3v) is 3.50. The Kier molecular flexibility index (Phi) is 4.43. The lowest BCUT2D eigenvalue weighted by molar-refractivity contribution is 0.0952. The highest BCUT2D eigenvalue weighted by atomic mass is 35.5. The number of hydrogen-bond donors (Lipinski definition) is 2. The van der Waals surface area contributed by atoms with Crippen molar-refractivity contribution in [3.05, 3.63) is 28.8 Å². The van der Waals surface area contributed by atoms with Gasteiger partial charge in [-0.3, -0.25) is 4.79 Å². The molecule has 4 nitrogen and oxygen atoms in total. The van der Waals surface area contributed by atoms with Gasteiger partial charge >= 0.3 is 0 Å². The number of nitrogens with zero attached hydrogens (tertiary/aromatic N) is 1. The Hall–Kier alpha value is -1.55. The number of hydrazone groups is 1. The Morgan fingerprint density at radius 1 is 1.53 bits per heavy atom. The number of phenolic OH excluding ortho intramolecular Hbond substituents is 1. The van der Waals surface area contributed by atoms with Crippen molar-refractivity contribution in [2.75, 3.05) is 0 Å². The lowest BCUT2D eigenvalue weighted by Gasteiger charge is -2.18. The van der Waals surface area contributed by atoms with Crippen molar-refractivity contribution < 1.29 is 9.90 Å². The molecule has 0 heterocycles. The van der Waals surface area contributed by atoms with Gasteiger partial charge in [0.05, 0.1) is 5.56 Å². The fourth-order valence-corrected chi connectivity index (χ4v) is 2.41. The Balaban J connectivity index is 2.05. The minimum atomic E-state index is -0.439. The van der Waals surface area contributed by atoms with E-state index in [0.29, 0.717) is 10.9 Å². The number of halogens is 1. The maximum atomic E-state index is 11.9. The molecule has 19 heavy (non-hydrogen) atoms. The van der Waals surface area contributed by atoms with E-state index in [0.717, 1.165) is 25.0 Å². The molecule has 2 N–H and O–H groups in total. The van der Waals surface area contributed by atoms with E-state index in [1.54, 1.807) is 0 Å². The van der Waals surface area contributed by atoms with Crippen LogP contribution in [0.25, 0.3) is 0 Å². The standard InChI is InChI=1S/C14H17ClN2O2/c1-9-3-2-4-11(7-9)16-17-14(19)12-8-10(15)5-6-13(12)18/h5-6,8-9,18H,2-4,7H2,1H3,(H,17,19)/b16-11-/t9-/m1/s1. The van der Waals surface area contributed by atoms with Gasteiger partial charge in [-0.15, -0.1) is 0 Å². The van der Waals surface area contributed by atoms with Crippen LogP contribution in [0.3, 0.4) is 0 Å². The van der Waals surface area contributed by atoms with Gasteiger partial charge < -0.3 is 5.11 Å². The van der Waals surface area contributed by atoms with E-state index in [1.807, 2.05) is 0 Å². The maximum Gasteiger partial charge on any atom is 0.275 e. The predicted molar refractivity (Wildman–Crippen MR) is 75.7 cm³/mol.